The molecule has 0 bridgehead atoms. The van der Waals surface area contributed by atoms with E-state index in [0.29, 0.717) is 19.6 Å². The Bertz CT molecular complexity index is 171. The lowest BCUT2D eigenvalue weighted by Crippen LogP contribution is -2.33. The second-order valence-electron chi connectivity index (χ2n) is 4.46. The van der Waals surface area contributed by atoms with Gasteiger partial charge in [0.15, 0.2) is 0 Å². The zero-order chi connectivity index (χ0) is 13.0. The van der Waals surface area contributed by atoms with Crippen LogP contribution in [0.3, 0.4) is 0 Å². The first-order valence-corrected chi connectivity index (χ1v) is 7.01. The summed E-state index contributed by atoms with van der Waals surface area (Å²) in [6, 6.07) is 0. The van der Waals surface area contributed by atoms with Gasteiger partial charge in [-0.05, 0) is 19.3 Å². The van der Waals surface area contributed by atoms with Crippen LogP contribution in [0.25, 0.3) is 0 Å². The lowest BCUT2D eigenvalue weighted by Gasteiger charge is -2.25. The molecule has 3 heteroatoms. The second-order valence-corrected chi connectivity index (χ2v) is 5.26. The van der Waals surface area contributed by atoms with E-state index in [1.807, 2.05) is 6.08 Å². The fourth-order valence-electron chi connectivity index (χ4n) is 1.42. The molecule has 0 aromatic carbocycles. The van der Waals surface area contributed by atoms with Gasteiger partial charge >= 0.3 is 0 Å². The second kappa shape index (κ2) is 11.1. The van der Waals surface area contributed by atoms with Crippen molar-refractivity contribution < 1.29 is 9.47 Å². The zero-order valence-electron chi connectivity index (χ0n) is 11.3. The first kappa shape index (κ1) is 16.9. The highest BCUT2D eigenvalue weighted by Crippen LogP contribution is 2.22. The number of allylic oxidation sites excluding steroid dienone is 1. The van der Waals surface area contributed by atoms with Gasteiger partial charge in [-0.1, -0.05) is 32.8 Å². The van der Waals surface area contributed by atoms with Crippen LogP contribution in [0, 0.1) is 0 Å². The van der Waals surface area contributed by atoms with E-state index in [9.17, 15) is 0 Å². The van der Waals surface area contributed by atoms with E-state index in [2.05, 4.69) is 20.4 Å². The van der Waals surface area contributed by atoms with Crippen molar-refractivity contribution in [3.8, 4) is 0 Å². The summed E-state index contributed by atoms with van der Waals surface area (Å²) in [7, 11) is 0. The number of rotatable bonds is 12. The minimum Gasteiger partial charge on any atom is -0.380 e. The predicted molar refractivity (Wildman–Crippen MR) is 74.9 cm³/mol. The van der Waals surface area contributed by atoms with Gasteiger partial charge in [-0.15, -0.1) is 18.2 Å². The third-order valence-corrected chi connectivity index (χ3v) is 2.89. The van der Waals surface area contributed by atoms with Crippen molar-refractivity contribution in [3.05, 3.63) is 12.7 Å². The van der Waals surface area contributed by atoms with Crippen LogP contribution in [0.5, 0.6) is 0 Å². The molecule has 0 amide bonds. The average molecular weight is 263 g/mol. The standard InChI is InChI=1S/C14H27ClO2/c1-4-7-10-16-12-14(15,9-6-3)13-17-11-8-5-2/h6H,3-5,7-13H2,1-2H3. The lowest BCUT2D eigenvalue weighted by atomic mass is 10.1. The molecule has 0 heterocycles. The Hall–Kier alpha value is -0.0500. The Morgan fingerprint density at radius 3 is 1.88 bits per heavy atom. The van der Waals surface area contributed by atoms with E-state index in [0.717, 1.165) is 38.9 Å². The van der Waals surface area contributed by atoms with E-state index < -0.39 is 4.87 Å². The molecule has 0 aromatic rings. The first-order valence-electron chi connectivity index (χ1n) is 6.64. The SMILES string of the molecule is C=CCC(Cl)(COCCCC)COCCCC. The summed E-state index contributed by atoms with van der Waals surface area (Å²) in [5, 5.41) is 0. The van der Waals surface area contributed by atoms with Crippen molar-refractivity contribution >= 4 is 11.6 Å². The topological polar surface area (TPSA) is 18.5 Å². The minimum absolute atomic E-state index is 0.441. The summed E-state index contributed by atoms with van der Waals surface area (Å²) in [6.07, 6.45) is 7.00. The van der Waals surface area contributed by atoms with Gasteiger partial charge in [-0.3, -0.25) is 0 Å². The molecule has 0 saturated heterocycles. The highest BCUT2D eigenvalue weighted by Gasteiger charge is 2.26. The molecule has 0 unspecified atom stereocenters. The average Bonchev–Trinajstić information content (AvgIpc) is 2.31. The van der Waals surface area contributed by atoms with Crippen molar-refractivity contribution in [2.75, 3.05) is 26.4 Å². The monoisotopic (exact) mass is 262 g/mol. The van der Waals surface area contributed by atoms with Crippen molar-refractivity contribution in [3.63, 3.8) is 0 Å². The number of unbranched alkanes of at least 4 members (excludes halogenated alkanes) is 2. The normalized spacial score (nSPS) is 11.7. The fourth-order valence-corrected chi connectivity index (χ4v) is 1.68. The highest BCUT2D eigenvalue weighted by molar-refractivity contribution is 6.24. The number of hydrogen-bond acceptors (Lipinski definition) is 2. The van der Waals surface area contributed by atoms with Crippen LogP contribution in [0.1, 0.15) is 46.0 Å². The maximum atomic E-state index is 6.48. The van der Waals surface area contributed by atoms with Gasteiger partial charge in [0.25, 0.3) is 0 Å². The van der Waals surface area contributed by atoms with Crippen molar-refractivity contribution in [1.82, 2.24) is 0 Å². The summed E-state index contributed by atoms with van der Waals surface area (Å²) in [5.74, 6) is 0. The van der Waals surface area contributed by atoms with Gasteiger partial charge in [0.1, 0.15) is 0 Å². The Balaban J connectivity index is 3.84. The van der Waals surface area contributed by atoms with Gasteiger partial charge in [0, 0.05) is 13.2 Å². The quantitative estimate of drug-likeness (QED) is 0.299. The molecule has 0 rings (SSSR count). The summed E-state index contributed by atoms with van der Waals surface area (Å²) in [5.41, 5.74) is 0. The highest BCUT2D eigenvalue weighted by atomic mass is 35.5. The van der Waals surface area contributed by atoms with E-state index in [4.69, 9.17) is 21.1 Å². The molecule has 0 aliphatic carbocycles. The lowest BCUT2D eigenvalue weighted by molar-refractivity contribution is 0.0505. The minimum atomic E-state index is -0.441. The molecule has 0 saturated carbocycles. The molecular formula is C14H27ClO2. The Morgan fingerprint density at radius 2 is 1.53 bits per heavy atom. The molecule has 0 fully saturated rings. The van der Waals surface area contributed by atoms with Crippen LogP contribution in [0.2, 0.25) is 0 Å². The molecular weight excluding hydrogens is 236 g/mol. The summed E-state index contributed by atoms with van der Waals surface area (Å²) < 4.78 is 11.2. The van der Waals surface area contributed by atoms with Gasteiger partial charge in [0.2, 0.25) is 0 Å². The molecule has 102 valence electrons. The fraction of sp³-hybridized carbons (Fsp3) is 0.857. The van der Waals surface area contributed by atoms with E-state index >= 15 is 0 Å². The molecule has 0 spiro atoms. The van der Waals surface area contributed by atoms with Crippen LogP contribution in [-0.4, -0.2) is 31.3 Å². The maximum Gasteiger partial charge on any atom is 0.0945 e. The van der Waals surface area contributed by atoms with Crippen LogP contribution in [-0.2, 0) is 9.47 Å². The third-order valence-electron chi connectivity index (χ3n) is 2.52. The summed E-state index contributed by atoms with van der Waals surface area (Å²) in [6.45, 7) is 10.7. The molecule has 17 heavy (non-hydrogen) atoms. The molecule has 0 aliphatic heterocycles. The van der Waals surface area contributed by atoms with Crippen molar-refractivity contribution in [1.29, 1.82) is 0 Å². The molecule has 0 aliphatic rings. The van der Waals surface area contributed by atoms with Gasteiger partial charge in [-0.2, -0.15) is 0 Å². The van der Waals surface area contributed by atoms with Crippen molar-refractivity contribution in [2.45, 2.75) is 50.8 Å². The van der Waals surface area contributed by atoms with Crippen LogP contribution >= 0.6 is 11.6 Å². The van der Waals surface area contributed by atoms with E-state index in [1.54, 1.807) is 0 Å². The molecule has 0 N–H and O–H groups in total. The number of halogens is 1. The third kappa shape index (κ3) is 9.63. The number of hydrogen-bond donors (Lipinski definition) is 0. The summed E-state index contributed by atoms with van der Waals surface area (Å²) >= 11 is 6.48. The van der Waals surface area contributed by atoms with Gasteiger partial charge < -0.3 is 9.47 Å². The van der Waals surface area contributed by atoms with E-state index in [-0.39, 0.29) is 0 Å². The number of alkyl halides is 1. The van der Waals surface area contributed by atoms with Crippen LogP contribution in [0.4, 0.5) is 0 Å². The summed E-state index contributed by atoms with van der Waals surface area (Å²) in [4.78, 5) is -0.441. The molecule has 0 radical (unpaired) electrons. The van der Waals surface area contributed by atoms with Crippen LogP contribution in [0.15, 0.2) is 12.7 Å². The van der Waals surface area contributed by atoms with E-state index in [1.165, 1.54) is 0 Å². The molecule has 0 aromatic heterocycles. The molecule has 2 nitrogen and oxygen atoms in total. The Morgan fingerprint density at radius 1 is 1.06 bits per heavy atom. The molecule has 0 atom stereocenters. The van der Waals surface area contributed by atoms with Gasteiger partial charge in [-0.25, -0.2) is 0 Å². The first-order chi connectivity index (χ1) is 8.18. The van der Waals surface area contributed by atoms with Crippen molar-refractivity contribution in [2.24, 2.45) is 0 Å². The van der Waals surface area contributed by atoms with Gasteiger partial charge in [0.05, 0.1) is 18.1 Å². The Labute approximate surface area is 111 Å². The smallest absolute Gasteiger partial charge is 0.0945 e. The van der Waals surface area contributed by atoms with Crippen LogP contribution < -0.4 is 0 Å². The zero-order valence-corrected chi connectivity index (χ0v) is 12.1. The maximum absolute atomic E-state index is 6.48. The number of ether oxygens (including phenoxy) is 2. The largest absolute Gasteiger partial charge is 0.380 e. The predicted octanol–water partition coefficient (Wildman–Crippen LogP) is 4.17. The Kier molecular flexibility index (Phi) is 11.0.